The molecule has 2 atom stereocenters. The Bertz CT molecular complexity index is 1260. The molecule has 0 unspecified atom stereocenters. The van der Waals surface area contributed by atoms with E-state index in [1.54, 1.807) is 24.8 Å². The van der Waals surface area contributed by atoms with Crippen molar-refractivity contribution >= 4 is 27.8 Å². The number of hydrogen-bond donors (Lipinski definition) is 3. The lowest BCUT2D eigenvalue weighted by Gasteiger charge is -2.29. The predicted octanol–water partition coefficient (Wildman–Crippen LogP) is 3.72. The normalized spacial score (nSPS) is 19.7. The van der Waals surface area contributed by atoms with Crippen molar-refractivity contribution in [1.29, 1.82) is 0 Å². The van der Waals surface area contributed by atoms with Crippen LogP contribution in [0, 0.1) is 0 Å². The van der Waals surface area contributed by atoms with Crippen LogP contribution < -0.4 is 11.1 Å². The molecule has 0 saturated carbocycles. The van der Waals surface area contributed by atoms with Crippen molar-refractivity contribution in [2.24, 2.45) is 5.73 Å². The first-order valence-electron chi connectivity index (χ1n) is 9.79. The zero-order chi connectivity index (χ0) is 21.6. The van der Waals surface area contributed by atoms with Gasteiger partial charge in [-0.25, -0.2) is 9.97 Å². The third-order valence-electron chi connectivity index (χ3n) is 5.50. The van der Waals surface area contributed by atoms with Crippen LogP contribution in [0.3, 0.4) is 0 Å². The summed E-state index contributed by atoms with van der Waals surface area (Å²) in [6.07, 6.45) is 2.99. The van der Waals surface area contributed by atoms with Crippen molar-refractivity contribution in [1.82, 2.24) is 19.9 Å². The van der Waals surface area contributed by atoms with E-state index >= 15 is 0 Å². The predicted molar refractivity (Wildman–Crippen MR) is 110 cm³/mol. The molecule has 0 spiro atoms. The van der Waals surface area contributed by atoms with Crippen LogP contribution in [0.15, 0.2) is 43.0 Å². The lowest BCUT2D eigenvalue weighted by atomic mass is 10.0. The molecule has 5 rings (SSSR count). The molecule has 0 amide bonds. The maximum absolute atomic E-state index is 13.1. The molecule has 10 heteroatoms. The zero-order valence-corrected chi connectivity index (χ0v) is 16.3. The van der Waals surface area contributed by atoms with Crippen LogP contribution in [0.5, 0.6) is 0 Å². The Morgan fingerprint density at radius 3 is 2.84 bits per heavy atom. The monoisotopic (exact) mass is 428 g/mol. The number of pyridine rings is 1. The van der Waals surface area contributed by atoms with Gasteiger partial charge < -0.3 is 20.8 Å². The highest BCUT2D eigenvalue weighted by Gasteiger charge is 2.31. The van der Waals surface area contributed by atoms with Crippen molar-refractivity contribution in [2.45, 2.75) is 24.7 Å². The number of anilines is 1. The highest BCUT2D eigenvalue weighted by molar-refractivity contribution is 6.03. The van der Waals surface area contributed by atoms with Crippen LogP contribution in [0.2, 0.25) is 0 Å². The van der Waals surface area contributed by atoms with Crippen LogP contribution in [-0.4, -0.2) is 45.2 Å². The van der Waals surface area contributed by atoms with E-state index in [2.05, 4.69) is 25.3 Å². The quantitative estimate of drug-likeness (QED) is 0.460. The average molecular weight is 428 g/mol. The molecule has 0 radical (unpaired) electrons. The number of alkyl halides is 3. The Morgan fingerprint density at radius 2 is 2.03 bits per heavy atom. The van der Waals surface area contributed by atoms with Crippen LogP contribution >= 0.6 is 0 Å². The Hall–Kier alpha value is -3.24. The van der Waals surface area contributed by atoms with E-state index in [-0.39, 0.29) is 12.1 Å². The Balaban J connectivity index is 1.57. The topological polar surface area (TPSA) is 102 Å². The lowest BCUT2D eigenvalue weighted by molar-refractivity contribution is -0.137. The first-order valence-corrected chi connectivity index (χ1v) is 9.79. The van der Waals surface area contributed by atoms with E-state index in [1.165, 1.54) is 6.07 Å². The fraction of sp³-hybridized carbons (Fsp3) is 0.286. The summed E-state index contributed by atoms with van der Waals surface area (Å²) in [6, 6.07) is 3.47. The SMILES string of the molecule is N[C@@H]1COCC[C@@H]1Nc1ncc2cncc(-c3c[nH]c4cc(C(F)(F)F)ccc34)c2n1. The fourth-order valence-electron chi connectivity index (χ4n) is 3.85. The van der Waals surface area contributed by atoms with Gasteiger partial charge in [-0.15, -0.1) is 0 Å². The largest absolute Gasteiger partial charge is 0.416 e. The molecule has 3 aromatic heterocycles. The summed E-state index contributed by atoms with van der Waals surface area (Å²) in [5.74, 6) is 0.432. The number of fused-ring (bicyclic) bond motifs is 2. The smallest absolute Gasteiger partial charge is 0.380 e. The summed E-state index contributed by atoms with van der Waals surface area (Å²) in [6.45, 7) is 1.08. The number of hydrogen-bond acceptors (Lipinski definition) is 6. The van der Waals surface area contributed by atoms with E-state index in [4.69, 9.17) is 10.5 Å². The van der Waals surface area contributed by atoms with E-state index in [9.17, 15) is 13.2 Å². The van der Waals surface area contributed by atoms with Gasteiger partial charge in [0.15, 0.2) is 0 Å². The highest BCUT2D eigenvalue weighted by atomic mass is 19.4. The minimum atomic E-state index is -4.40. The summed E-state index contributed by atoms with van der Waals surface area (Å²) < 4.78 is 44.5. The summed E-state index contributed by atoms with van der Waals surface area (Å²) in [4.78, 5) is 16.2. The summed E-state index contributed by atoms with van der Waals surface area (Å²) in [5.41, 5.74) is 7.87. The molecule has 1 fully saturated rings. The lowest BCUT2D eigenvalue weighted by Crippen LogP contribution is -2.47. The van der Waals surface area contributed by atoms with Gasteiger partial charge in [0.25, 0.3) is 0 Å². The molecule has 1 aromatic carbocycles. The van der Waals surface area contributed by atoms with E-state index in [0.29, 0.717) is 46.7 Å². The van der Waals surface area contributed by atoms with Crippen LogP contribution in [0.25, 0.3) is 32.9 Å². The number of aromatic amines is 1. The number of nitrogens with one attached hydrogen (secondary N) is 2. The Kier molecular flexibility index (Phi) is 4.75. The second-order valence-corrected chi connectivity index (χ2v) is 7.56. The van der Waals surface area contributed by atoms with Crippen molar-refractivity contribution in [2.75, 3.05) is 18.5 Å². The first kappa shape index (κ1) is 19.7. The molecule has 1 aliphatic heterocycles. The highest BCUT2D eigenvalue weighted by Crippen LogP contribution is 2.36. The molecule has 1 saturated heterocycles. The molecule has 7 nitrogen and oxygen atoms in total. The van der Waals surface area contributed by atoms with Crippen molar-refractivity contribution < 1.29 is 17.9 Å². The first-order chi connectivity index (χ1) is 14.9. The van der Waals surface area contributed by atoms with Gasteiger partial charge in [0, 0.05) is 70.9 Å². The van der Waals surface area contributed by atoms with Gasteiger partial charge >= 0.3 is 6.18 Å². The van der Waals surface area contributed by atoms with Crippen molar-refractivity contribution in [3.8, 4) is 11.1 Å². The van der Waals surface area contributed by atoms with Gasteiger partial charge in [0.2, 0.25) is 5.95 Å². The number of ether oxygens (including phenoxy) is 1. The van der Waals surface area contributed by atoms with Crippen molar-refractivity contribution in [3.63, 3.8) is 0 Å². The molecule has 31 heavy (non-hydrogen) atoms. The summed E-state index contributed by atoms with van der Waals surface area (Å²) >= 11 is 0. The van der Waals surface area contributed by atoms with E-state index in [0.717, 1.165) is 23.9 Å². The van der Waals surface area contributed by atoms with Crippen LogP contribution in [-0.2, 0) is 10.9 Å². The number of benzene rings is 1. The number of nitrogens with two attached hydrogens (primary N) is 1. The number of H-pyrrole nitrogens is 1. The molecule has 4 heterocycles. The molecule has 0 aliphatic carbocycles. The number of rotatable bonds is 3. The Labute approximate surface area is 174 Å². The van der Waals surface area contributed by atoms with Gasteiger partial charge in [-0.1, -0.05) is 6.07 Å². The minimum absolute atomic E-state index is 0.00892. The maximum Gasteiger partial charge on any atom is 0.416 e. The molecule has 160 valence electrons. The average Bonchev–Trinajstić information content (AvgIpc) is 3.17. The van der Waals surface area contributed by atoms with Gasteiger partial charge in [-0.2, -0.15) is 13.2 Å². The molecule has 4 aromatic rings. The van der Waals surface area contributed by atoms with Crippen LogP contribution in [0.1, 0.15) is 12.0 Å². The van der Waals surface area contributed by atoms with Gasteiger partial charge in [0.05, 0.1) is 17.7 Å². The van der Waals surface area contributed by atoms with E-state index < -0.39 is 11.7 Å². The second kappa shape index (κ2) is 7.47. The third kappa shape index (κ3) is 3.68. The fourth-order valence-corrected chi connectivity index (χ4v) is 3.85. The minimum Gasteiger partial charge on any atom is -0.380 e. The van der Waals surface area contributed by atoms with Gasteiger partial charge in [-0.05, 0) is 18.6 Å². The molecular formula is C21H19F3N6O. The molecular weight excluding hydrogens is 409 g/mol. The van der Waals surface area contributed by atoms with Gasteiger partial charge in [0.1, 0.15) is 0 Å². The standard InChI is InChI=1S/C21H19F3N6O/c22-21(23,24)12-1-2-13-14(9-27-18(13)5-12)15-8-26-6-11-7-28-20(30-19(11)15)29-17-3-4-31-10-16(17)25/h1-2,5-9,16-17,27H,3-4,10,25H2,(H,28,29,30)/t16-,17+/m1/s1. The molecule has 1 aliphatic rings. The van der Waals surface area contributed by atoms with E-state index in [1.807, 2.05) is 0 Å². The van der Waals surface area contributed by atoms with Crippen molar-refractivity contribution in [3.05, 3.63) is 48.5 Å². The van der Waals surface area contributed by atoms with Gasteiger partial charge in [-0.3, -0.25) is 4.98 Å². The number of nitrogens with zero attached hydrogens (tertiary/aromatic N) is 3. The Morgan fingerprint density at radius 1 is 1.16 bits per heavy atom. The molecule has 4 N–H and O–H groups in total. The number of aromatic nitrogens is 4. The van der Waals surface area contributed by atoms with Crippen LogP contribution in [0.4, 0.5) is 19.1 Å². The second-order valence-electron chi connectivity index (χ2n) is 7.56. The molecule has 0 bridgehead atoms. The maximum atomic E-state index is 13.1. The summed E-state index contributed by atoms with van der Waals surface area (Å²) in [5, 5.41) is 4.65. The zero-order valence-electron chi connectivity index (χ0n) is 16.3. The third-order valence-corrected chi connectivity index (χ3v) is 5.50. The number of halogens is 3. The summed E-state index contributed by atoms with van der Waals surface area (Å²) in [7, 11) is 0.